The summed E-state index contributed by atoms with van der Waals surface area (Å²) in [6, 6.07) is 3.34. The molecule has 1 rings (SSSR count). The highest BCUT2D eigenvalue weighted by atomic mass is 19.4. The number of benzene rings is 1. The zero-order valence-electron chi connectivity index (χ0n) is 15.3. The molecule has 176 valence electrons. The number of para-hydroxylation sites is 1. The number of esters is 1. The van der Waals surface area contributed by atoms with E-state index in [9.17, 15) is 53.5 Å². The van der Waals surface area contributed by atoms with Crippen LogP contribution in [0.5, 0.6) is 11.5 Å². The standard InChI is InChI=1S/C16H13F10NO4/c1-30-9-6-2-4-8(10(9)31-12(29)14(19,20)16(24,25)26)5-3-7-27-11(28)13(17,18)15(21,22)23/h2,4,6H,3,5,7H2,1H3,(H,27,28). The summed E-state index contributed by atoms with van der Waals surface area (Å²) < 4.78 is 134. The summed E-state index contributed by atoms with van der Waals surface area (Å²) >= 11 is 0. The van der Waals surface area contributed by atoms with Crippen molar-refractivity contribution in [1.29, 1.82) is 0 Å². The lowest BCUT2D eigenvalue weighted by atomic mass is 10.1. The van der Waals surface area contributed by atoms with Gasteiger partial charge in [0, 0.05) is 6.54 Å². The molecule has 0 heterocycles. The second kappa shape index (κ2) is 9.18. The lowest BCUT2D eigenvalue weighted by molar-refractivity contribution is -0.276. The Morgan fingerprint density at radius 2 is 1.45 bits per heavy atom. The summed E-state index contributed by atoms with van der Waals surface area (Å²) in [4.78, 5) is 22.3. The molecular formula is C16H13F10NO4. The van der Waals surface area contributed by atoms with E-state index in [1.54, 1.807) is 0 Å². The Morgan fingerprint density at radius 1 is 0.903 bits per heavy atom. The average molecular weight is 473 g/mol. The van der Waals surface area contributed by atoms with Gasteiger partial charge in [-0.25, -0.2) is 4.79 Å². The number of aryl methyl sites for hydroxylation is 1. The SMILES string of the molecule is COc1cccc(CCCNC(=O)C(F)(F)C(F)(F)F)c1OC(=O)C(F)(F)C(F)(F)F. The highest BCUT2D eigenvalue weighted by molar-refractivity contribution is 5.84. The summed E-state index contributed by atoms with van der Waals surface area (Å²) in [6.07, 6.45) is -13.2. The molecule has 0 atom stereocenters. The van der Waals surface area contributed by atoms with Gasteiger partial charge in [0.15, 0.2) is 11.5 Å². The molecule has 31 heavy (non-hydrogen) atoms. The van der Waals surface area contributed by atoms with Crippen molar-refractivity contribution in [3.8, 4) is 11.5 Å². The number of amides is 1. The molecule has 0 bridgehead atoms. The molecule has 1 aromatic rings. The topological polar surface area (TPSA) is 64.6 Å². The highest BCUT2D eigenvalue weighted by Gasteiger charge is 2.65. The molecule has 1 N–H and O–H groups in total. The van der Waals surface area contributed by atoms with Crippen LogP contribution in [0.2, 0.25) is 0 Å². The molecule has 0 fully saturated rings. The summed E-state index contributed by atoms with van der Waals surface area (Å²) in [5, 5.41) is 1.32. The Morgan fingerprint density at radius 3 is 1.94 bits per heavy atom. The largest absolute Gasteiger partial charge is 0.493 e. The first-order valence-corrected chi connectivity index (χ1v) is 8.02. The molecule has 5 nitrogen and oxygen atoms in total. The van der Waals surface area contributed by atoms with Gasteiger partial charge in [-0.3, -0.25) is 4.79 Å². The fraction of sp³-hybridized carbons (Fsp3) is 0.500. The first-order valence-electron chi connectivity index (χ1n) is 8.02. The Kier molecular flexibility index (Phi) is 7.78. The summed E-state index contributed by atoms with van der Waals surface area (Å²) in [5.74, 6) is -18.4. The van der Waals surface area contributed by atoms with Gasteiger partial charge in [-0.15, -0.1) is 0 Å². The maximum Gasteiger partial charge on any atom is 0.465 e. The van der Waals surface area contributed by atoms with Gasteiger partial charge >= 0.3 is 30.2 Å². The normalized spacial score (nSPS) is 13.0. The molecule has 1 amide bonds. The maximum atomic E-state index is 13.1. The van der Waals surface area contributed by atoms with Crippen LogP contribution < -0.4 is 14.8 Å². The number of rotatable bonds is 8. The van der Waals surface area contributed by atoms with Crippen LogP contribution in [0.1, 0.15) is 12.0 Å². The van der Waals surface area contributed by atoms with E-state index in [2.05, 4.69) is 4.74 Å². The first-order chi connectivity index (χ1) is 14.0. The van der Waals surface area contributed by atoms with E-state index in [1.165, 1.54) is 11.4 Å². The number of hydrogen-bond donors (Lipinski definition) is 1. The van der Waals surface area contributed by atoms with Gasteiger partial charge < -0.3 is 14.8 Å². The van der Waals surface area contributed by atoms with Crippen molar-refractivity contribution in [3.63, 3.8) is 0 Å². The van der Waals surface area contributed by atoms with Crippen LogP contribution in [0.4, 0.5) is 43.9 Å². The number of ether oxygens (including phenoxy) is 2. The number of halogens is 10. The van der Waals surface area contributed by atoms with E-state index in [0.29, 0.717) is 0 Å². The Hall–Kier alpha value is -2.74. The molecule has 0 unspecified atom stereocenters. The van der Waals surface area contributed by atoms with Crippen LogP contribution in [-0.2, 0) is 16.0 Å². The second-order valence-electron chi connectivity index (χ2n) is 5.84. The van der Waals surface area contributed by atoms with Crippen LogP contribution in [0.25, 0.3) is 0 Å². The predicted octanol–water partition coefficient (Wildman–Crippen LogP) is 4.04. The Bertz CT molecular complexity index is 805. The van der Waals surface area contributed by atoms with Crippen molar-refractivity contribution in [2.45, 2.75) is 37.0 Å². The molecular weight excluding hydrogens is 460 g/mol. The molecule has 0 spiro atoms. The van der Waals surface area contributed by atoms with Crippen LogP contribution in [0.3, 0.4) is 0 Å². The molecule has 0 aromatic heterocycles. The number of hydrogen-bond acceptors (Lipinski definition) is 4. The number of carbonyl (C=O) groups excluding carboxylic acids is 2. The predicted molar refractivity (Wildman–Crippen MR) is 82.0 cm³/mol. The average Bonchev–Trinajstić information content (AvgIpc) is 2.63. The lowest BCUT2D eigenvalue weighted by Gasteiger charge is -2.20. The molecule has 0 saturated carbocycles. The van der Waals surface area contributed by atoms with Crippen LogP contribution in [-0.4, -0.2) is 49.7 Å². The molecule has 15 heteroatoms. The zero-order valence-corrected chi connectivity index (χ0v) is 15.3. The second-order valence-corrected chi connectivity index (χ2v) is 5.84. The summed E-state index contributed by atoms with van der Waals surface area (Å²) in [6.45, 7) is -0.756. The third kappa shape index (κ3) is 5.91. The van der Waals surface area contributed by atoms with Crippen molar-refractivity contribution >= 4 is 11.9 Å². The third-order valence-electron chi connectivity index (χ3n) is 3.64. The van der Waals surface area contributed by atoms with Crippen LogP contribution >= 0.6 is 0 Å². The van der Waals surface area contributed by atoms with Crippen LogP contribution in [0, 0.1) is 0 Å². The number of methoxy groups -OCH3 is 1. The zero-order chi connectivity index (χ0) is 24.3. The number of carbonyl (C=O) groups is 2. The minimum absolute atomic E-state index is 0.220. The van der Waals surface area contributed by atoms with Crippen molar-refractivity contribution < 1.29 is 63.0 Å². The molecule has 0 aliphatic carbocycles. The van der Waals surface area contributed by atoms with Gasteiger partial charge in [0.1, 0.15) is 0 Å². The van der Waals surface area contributed by atoms with Crippen molar-refractivity contribution in [2.75, 3.05) is 13.7 Å². The molecule has 0 radical (unpaired) electrons. The van der Waals surface area contributed by atoms with E-state index in [-0.39, 0.29) is 12.0 Å². The van der Waals surface area contributed by atoms with Gasteiger partial charge in [-0.2, -0.15) is 43.9 Å². The number of alkyl halides is 10. The van der Waals surface area contributed by atoms with Gasteiger partial charge in [-0.05, 0) is 24.5 Å². The van der Waals surface area contributed by atoms with Gasteiger partial charge in [-0.1, -0.05) is 12.1 Å². The van der Waals surface area contributed by atoms with Gasteiger partial charge in [0.25, 0.3) is 5.91 Å². The van der Waals surface area contributed by atoms with Crippen molar-refractivity contribution in [2.24, 2.45) is 0 Å². The Balaban J connectivity index is 2.92. The van der Waals surface area contributed by atoms with Crippen molar-refractivity contribution in [3.05, 3.63) is 23.8 Å². The van der Waals surface area contributed by atoms with Gasteiger partial charge in [0.2, 0.25) is 0 Å². The first kappa shape index (κ1) is 26.3. The third-order valence-corrected chi connectivity index (χ3v) is 3.64. The summed E-state index contributed by atoms with van der Waals surface area (Å²) in [7, 11) is 0.970. The molecule has 1 aromatic carbocycles. The fourth-order valence-electron chi connectivity index (χ4n) is 2.03. The highest BCUT2D eigenvalue weighted by Crippen LogP contribution is 2.39. The Labute approximate surface area is 167 Å². The van der Waals surface area contributed by atoms with E-state index >= 15 is 0 Å². The quantitative estimate of drug-likeness (QED) is 0.268. The van der Waals surface area contributed by atoms with Gasteiger partial charge in [0.05, 0.1) is 7.11 Å². The van der Waals surface area contributed by atoms with E-state index < -0.39 is 60.5 Å². The van der Waals surface area contributed by atoms with E-state index in [0.717, 1.165) is 19.2 Å². The molecule has 0 aliphatic rings. The molecule has 0 saturated heterocycles. The maximum absolute atomic E-state index is 13.1. The lowest BCUT2D eigenvalue weighted by Crippen LogP contribution is -2.50. The van der Waals surface area contributed by atoms with E-state index in [4.69, 9.17) is 4.74 Å². The minimum atomic E-state index is -6.25. The molecule has 0 aliphatic heterocycles. The van der Waals surface area contributed by atoms with E-state index in [1.807, 2.05) is 0 Å². The smallest absolute Gasteiger partial charge is 0.465 e. The van der Waals surface area contributed by atoms with Crippen LogP contribution in [0.15, 0.2) is 18.2 Å². The number of nitrogens with one attached hydrogen (secondary N) is 1. The van der Waals surface area contributed by atoms with Crippen molar-refractivity contribution in [1.82, 2.24) is 5.32 Å². The summed E-state index contributed by atoms with van der Waals surface area (Å²) in [5.41, 5.74) is -0.220. The fourth-order valence-corrected chi connectivity index (χ4v) is 2.03. The monoisotopic (exact) mass is 473 g/mol. The minimum Gasteiger partial charge on any atom is -0.493 e.